The first-order chi connectivity index (χ1) is 9.36. The van der Waals surface area contributed by atoms with Gasteiger partial charge in [0.1, 0.15) is 0 Å². The molecule has 0 amide bonds. The van der Waals surface area contributed by atoms with E-state index < -0.39 is 0 Å². The monoisotopic (exact) mass is 268 g/mol. The molecule has 1 atom stereocenters. The topological polar surface area (TPSA) is 38.0 Å². The molecule has 0 aliphatic heterocycles. The fourth-order valence-electron chi connectivity index (χ4n) is 2.90. The zero-order valence-electron chi connectivity index (χ0n) is 13.1. The van der Waals surface area contributed by atoms with E-state index in [-0.39, 0.29) is 0 Å². The fourth-order valence-corrected chi connectivity index (χ4v) is 2.90. The third kappa shape index (κ3) is 10.4. The van der Waals surface area contributed by atoms with Crippen LogP contribution in [0.2, 0.25) is 0 Å². The van der Waals surface area contributed by atoms with E-state index in [2.05, 4.69) is 12.3 Å². The zero-order valence-corrected chi connectivity index (χ0v) is 13.1. The molecule has 1 rings (SSSR count). The summed E-state index contributed by atoms with van der Waals surface area (Å²) < 4.78 is 0. The Morgan fingerprint density at radius 1 is 0.895 bits per heavy atom. The van der Waals surface area contributed by atoms with Gasteiger partial charge >= 0.3 is 0 Å². The Balaban J connectivity index is 1.77. The number of hydrazine groups is 1. The van der Waals surface area contributed by atoms with Gasteiger partial charge in [0.05, 0.1) is 0 Å². The molecule has 0 aromatic heterocycles. The van der Waals surface area contributed by atoms with E-state index in [1.165, 1.54) is 89.9 Å². The van der Waals surface area contributed by atoms with Crippen molar-refractivity contribution in [2.45, 2.75) is 103 Å². The highest BCUT2D eigenvalue weighted by molar-refractivity contribution is 4.79. The van der Waals surface area contributed by atoms with Gasteiger partial charge in [-0.05, 0) is 18.8 Å². The first-order valence-corrected chi connectivity index (χ1v) is 8.83. The SMILES string of the molecule is CCCCCCCCCCCCC(CC1CC1)NN. The highest BCUT2D eigenvalue weighted by Crippen LogP contribution is 2.34. The van der Waals surface area contributed by atoms with Gasteiger partial charge in [0.25, 0.3) is 0 Å². The van der Waals surface area contributed by atoms with Gasteiger partial charge in [0.2, 0.25) is 0 Å². The summed E-state index contributed by atoms with van der Waals surface area (Å²) in [6, 6.07) is 0.585. The summed E-state index contributed by atoms with van der Waals surface area (Å²) in [6.45, 7) is 2.28. The molecule has 0 bridgehead atoms. The van der Waals surface area contributed by atoms with Crippen LogP contribution in [0.5, 0.6) is 0 Å². The summed E-state index contributed by atoms with van der Waals surface area (Å²) in [7, 11) is 0. The lowest BCUT2D eigenvalue weighted by atomic mass is 10.0. The Morgan fingerprint density at radius 2 is 1.42 bits per heavy atom. The van der Waals surface area contributed by atoms with E-state index in [0.29, 0.717) is 6.04 Å². The highest BCUT2D eigenvalue weighted by atomic mass is 15.2. The standard InChI is InChI=1S/C17H36N2/c1-2-3-4-5-6-7-8-9-10-11-12-17(19-18)15-16-13-14-16/h16-17,19H,2-15,18H2,1H3. The molecule has 2 nitrogen and oxygen atoms in total. The van der Waals surface area contributed by atoms with Crippen molar-refractivity contribution in [3.8, 4) is 0 Å². The Kier molecular flexibility index (Phi) is 10.5. The smallest absolute Gasteiger partial charge is 0.0213 e. The van der Waals surface area contributed by atoms with E-state index in [9.17, 15) is 0 Å². The van der Waals surface area contributed by atoms with Gasteiger partial charge in [0, 0.05) is 6.04 Å². The minimum absolute atomic E-state index is 0.585. The second-order valence-electron chi connectivity index (χ2n) is 6.51. The first-order valence-electron chi connectivity index (χ1n) is 8.83. The largest absolute Gasteiger partial charge is 0.271 e. The maximum absolute atomic E-state index is 5.62. The van der Waals surface area contributed by atoms with Crippen molar-refractivity contribution in [2.75, 3.05) is 0 Å². The van der Waals surface area contributed by atoms with Crippen LogP contribution in [0.4, 0.5) is 0 Å². The van der Waals surface area contributed by atoms with Crippen molar-refractivity contribution < 1.29 is 0 Å². The highest BCUT2D eigenvalue weighted by Gasteiger charge is 2.24. The Labute approximate surface area is 120 Å². The van der Waals surface area contributed by atoms with Crippen molar-refractivity contribution >= 4 is 0 Å². The van der Waals surface area contributed by atoms with Crippen molar-refractivity contribution in [1.29, 1.82) is 0 Å². The van der Waals surface area contributed by atoms with Crippen LogP contribution in [0, 0.1) is 5.92 Å². The molecule has 1 aliphatic rings. The van der Waals surface area contributed by atoms with Crippen LogP contribution in [-0.2, 0) is 0 Å². The molecule has 0 radical (unpaired) electrons. The van der Waals surface area contributed by atoms with Crippen LogP contribution in [0.3, 0.4) is 0 Å². The maximum atomic E-state index is 5.62. The summed E-state index contributed by atoms with van der Waals surface area (Å²) in [4.78, 5) is 0. The van der Waals surface area contributed by atoms with Gasteiger partial charge in [-0.1, -0.05) is 84.0 Å². The summed E-state index contributed by atoms with van der Waals surface area (Å²) in [5.41, 5.74) is 3.00. The molecule has 0 saturated heterocycles. The lowest BCUT2D eigenvalue weighted by Gasteiger charge is -2.14. The van der Waals surface area contributed by atoms with Crippen LogP contribution in [-0.4, -0.2) is 6.04 Å². The van der Waals surface area contributed by atoms with E-state index in [4.69, 9.17) is 5.84 Å². The molecule has 3 N–H and O–H groups in total. The quantitative estimate of drug-likeness (QED) is 0.266. The molecule has 1 unspecified atom stereocenters. The first kappa shape index (κ1) is 17.0. The molecule has 0 spiro atoms. The van der Waals surface area contributed by atoms with Gasteiger partial charge in [-0.2, -0.15) is 0 Å². The minimum atomic E-state index is 0.585. The number of unbranched alkanes of at least 4 members (excludes halogenated alkanes) is 9. The number of hydrogen-bond acceptors (Lipinski definition) is 2. The molecule has 0 aromatic carbocycles. The summed E-state index contributed by atoms with van der Waals surface area (Å²) in [6.07, 6.45) is 19.7. The van der Waals surface area contributed by atoms with Gasteiger partial charge in [-0.25, -0.2) is 0 Å². The fraction of sp³-hybridized carbons (Fsp3) is 1.00. The molecular formula is C17H36N2. The van der Waals surface area contributed by atoms with Gasteiger partial charge < -0.3 is 0 Å². The maximum Gasteiger partial charge on any atom is 0.0213 e. The molecule has 2 heteroatoms. The van der Waals surface area contributed by atoms with Crippen molar-refractivity contribution in [2.24, 2.45) is 11.8 Å². The lowest BCUT2D eigenvalue weighted by molar-refractivity contribution is 0.420. The summed E-state index contributed by atoms with van der Waals surface area (Å²) >= 11 is 0. The number of nitrogens with one attached hydrogen (secondary N) is 1. The number of rotatable bonds is 14. The predicted molar refractivity (Wildman–Crippen MR) is 84.9 cm³/mol. The Morgan fingerprint density at radius 3 is 1.89 bits per heavy atom. The Bertz CT molecular complexity index is 190. The third-order valence-electron chi connectivity index (χ3n) is 4.46. The van der Waals surface area contributed by atoms with E-state index in [1.807, 2.05) is 0 Å². The van der Waals surface area contributed by atoms with Gasteiger partial charge in [-0.3, -0.25) is 11.3 Å². The molecule has 19 heavy (non-hydrogen) atoms. The van der Waals surface area contributed by atoms with E-state index >= 15 is 0 Å². The van der Waals surface area contributed by atoms with Crippen LogP contribution in [0.1, 0.15) is 96.8 Å². The Hall–Kier alpha value is -0.0800. The van der Waals surface area contributed by atoms with Crippen LogP contribution in [0.15, 0.2) is 0 Å². The molecule has 1 saturated carbocycles. The minimum Gasteiger partial charge on any atom is -0.271 e. The molecular weight excluding hydrogens is 232 g/mol. The summed E-state index contributed by atoms with van der Waals surface area (Å²) in [5, 5.41) is 0. The molecule has 114 valence electrons. The number of hydrogen-bond donors (Lipinski definition) is 2. The van der Waals surface area contributed by atoms with Crippen molar-refractivity contribution in [1.82, 2.24) is 5.43 Å². The van der Waals surface area contributed by atoms with Crippen LogP contribution < -0.4 is 11.3 Å². The molecule has 1 aliphatic carbocycles. The van der Waals surface area contributed by atoms with Crippen molar-refractivity contribution in [3.63, 3.8) is 0 Å². The van der Waals surface area contributed by atoms with Crippen LogP contribution >= 0.6 is 0 Å². The molecule has 0 heterocycles. The second-order valence-corrected chi connectivity index (χ2v) is 6.51. The third-order valence-corrected chi connectivity index (χ3v) is 4.46. The molecule has 0 aromatic rings. The normalized spacial score (nSPS) is 16.7. The second kappa shape index (κ2) is 11.7. The van der Waals surface area contributed by atoms with Crippen molar-refractivity contribution in [3.05, 3.63) is 0 Å². The van der Waals surface area contributed by atoms with E-state index in [1.54, 1.807) is 0 Å². The molecule has 1 fully saturated rings. The summed E-state index contributed by atoms with van der Waals surface area (Å²) in [5.74, 6) is 6.61. The van der Waals surface area contributed by atoms with Gasteiger partial charge in [-0.15, -0.1) is 0 Å². The van der Waals surface area contributed by atoms with Gasteiger partial charge in [0.15, 0.2) is 0 Å². The van der Waals surface area contributed by atoms with E-state index in [0.717, 1.165) is 5.92 Å². The average molecular weight is 268 g/mol. The average Bonchev–Trinajstić information content (AvgIpc) is 3.23. The predicted octanol–water partition coefficient (Wildman–Crippen LogP) is 4.93. The zero-order chi connectivity index (χ0) is 13.8. The number of nitrogens with two attached hydrogens (primary N) is 1. The lowest BCUT2D eigenvalue weighted by Crippen LogP contribution is -2.35. The van der Waals surface area contributed by atoms with Crippen LogP contribution in [0.25, 0.3) is 0 Å².